The zero-order chi connectivity index (χ0) is 20.0. The zero-order valence-electron chi connectivity index (χ0n) is 17.4. The van der Waals surface area contributed by atoms with Crippen LogP contribution in [0.1, 0.15) is 48.1 Å². The van der Waals surface area contributed by atoms with Crippen LogP contribution in [-0.2, 0) is 5.41 Å². The van der Waals surface area contributed by atoms with E-state index in [0.29, 0.717) is 0 Å². The Kier molecular flexibility index (Phi) is 4.17. The fourth-order valence-electron chi connectivity index (χ4n) is 5.47. The van der Waals surface area contributed by atoms with E-state index in [-0.39, 0.29) is 5.41 Å². The van der Waals surface area contributed by atoms with E-state index in [4.69, 9.17) is 0 Å². The largest absolute Gasteiger partial charge is 0.0804 e. The minimum Gasteiger partial charge on any atom is -0.0804 e. The van der Waals surface area contributed by atoms with Gasteiger partial charge in [-0.25, -0.2) is 0 Å². The SMILES string of the molecule is CC.Cc1cccc2c1C1=C(C=CCC=C1)C21c2ccccc2-c2ccccc21. The lowest BCUT2D eigenvalue weighted by Gasteiger charge is -2.31. The van der Waals surface area contributed by atoms with E-state index in [1.54, 1.807) is 0 Å². The highest BCUT2D eigenvalue weighted by Gasteiger charge is 2.51. The van der Waals surface area contributed by atoms with Crippen LogP contribution in [0.25, 0.3) is 16.7 Å². The summed E-state index contributed by atoms with van der Waals surface area (Å²) in [4.78, 5) is 0. The molecular formula is C29H26. The zero-order valence-corrected chi connectivity index (χ0v) is 17.4. The maximum absolute atomic E-state index is 2.38. The highest BCUT2D eigenvalue weighted by molar-refractivity contribution is 5.98. The molecule has 3 aromatic carbocycles. The third-order valence-electron chi connectivity index (χ3n) is 6.43. The molecule has 0 heterocycles. The van der Waals surface area contributed by atoms with Crippen molar-refractivity contribution in [2.24, 2.45) is 0 Å². The van der Waals surface area contributed by atoms with Crippen molar-refractivity contribution in [3.05, 3.63) is 124 Å². The minimum absolute atomic E-state index is 0.199. The summed E-state index contributed by atoms with van der Waals surface area (Å²) >= 11 is 0. The van der Waals surface area contributed by atoms with Crippen molar-refractivity contribution in [2.45, 2.75) is 32.6 Å². The predicted molar refractivity (Wildman–Crippen MR) is 124 cm³/mol. The van der Waals surface area contributed by atoms with Crippen LogP contribution in [0.3, 0.4) is 0 Å². The van der Waals surface area contributed by atoms with Crippen molar-refractivity contribution >= 4 is 5.57 Å². The molecule has 0 aliphatic heterocycles. The molecule has 3 aromatic rings. The molecule has 0 fully saturated rings. The highest BCUT2D eigenvalue weighted by atomic mass is 14.5. The summed E-state index contributed by atoms with van der Waals surface area (Å²) in [6, 6.07) is 24.8. The molecule has 0 aromatic heterocycles. The van der Waals surface area contributed by atoms with E-state index in [9.17, 15) is 0 Å². The molecule has 0 nitrogen and oxygen atoms in total. The molecule has 0 saturated carbocycles. The van der Waals surface area contributed by atoms with Crippen LogP contribution >= 0.6 is 0 Å². The van der Waals surface area contributed by atoms with Gasteiger partial charge in [0.2, 0.25) is 0 Å². The van der Waals surface area contributed by atoms with Crippen LogP contribution in [-0.4, -0.2) is 0 Å². The van der Waals surface area contributed by atoms with Crippen LogP contribution in [0.2, 0.25) is 0 Å². The van der Waals surface area contributed by atoms with E-state index >= 15 is 0 Å². The van der Waals surface area contributed by atoms with Gasteiger partial charge in [-0.1, -0.05) is 105 Å². The first-order valence-corrected chi connectivity index (χ1v) is 10.7. The second kappa shape index (κ2) is 6.74. The van der Waals surface area contributed by atoms with E-state index in [1.807, 2.05) is 13.8 Å². The first kappa shape index (κ1) is 17.9. The molecule has 0 N–H and O–H groups in total. The van der Waals surface area contributed by atoms with E-state index in [2.05, 4.69) is 98.0 Å². The quantitative estimate of drug-likeness (QED) is 0.380. The Labute approximate surface area is 173 Å². The normalized spacial score (nSPS) is 16.5. The molecule has 0 heteroatoms. The van der Waals surface area contributed by atoms with Crippen molar-refractivity contribution in [2.75, 3.05) is 0 Å². The molecular weight excluding hydrogens is 348 g/mol. The number of allylic oxidation sites excluding steroid dienone is 6. The number of rotatable bonds is 0. The number of hydrogen-bond acceptors (Lipinski definition) is 0. The first-order valence-electron chi connectivity index (χ1n) is 10.7. The van der Waals surface area contributed by atoms with Crippen molar-refractivity contribution in [1.82, 2.24) is 0 Å². The summed E-state index contributed by atoms with van der Waals surface area (Å²) < 4.78 is 0. The maximum atomic E-state index is 2.38. The molecule has 0 atom stereocenters. The Morgan fingerprint density at radius 1 is 0.655 bits per heavy atom. The second-order valence-electron chi connectivity index (χ2n) is 7.71. The summed E-state index contributed by atoms with van der Waals surface area (Å²) in [6.45, 7) is 6.25. The van der Waals surface area contributed by atoms with Crippen LogP contribution in [0.4, 0.5) is 0 Å². The predicted octanol–water partition coefficient (Wildman–Crippen LogP) is 7.62. The van der Waals surface area contributed by atoms with Crippen LogP contribution in [0, 0.1) is 6.92 Å². The van der Waals surface area contributed by atoms with Crippen molar-refractivity contribution in [3.63, 3.8) is 0 Å². The van der Waals surface area contributed by atoms with Gasteiger partial charge >= 0.3 is 0 Å². The van der Waals surface area contributed by atoms with Crippen LogP contribution < -0.4 is 0 Å². The molecule has 3 aliphatic carbocycles. The minimum atomic E-state index is -0.199. The van der Waals surface area contributed by atoms with Gasteiger partial charge in [-0.05, 0) is 63.4 Å². The highest BCUT2D eigenvalue weighted by Crippen LogP contribution is 2.62. The summed E-state index contributed by atoms with van der Waals surface area (Å²) in [6.07, 6.45) is 10.3. The summed E-state index contributed by atoms with van der Waals surface area (Å²) in [7, 11) is 0. The summed E-state index contributed by atoms with van der Waals surface area (Å²) in [5, 5.41) is 0. The van der Waals surface area contributed by atoms with Gasteiger partial charge in [-0.3, -0.25) is 0 Å². The lowest BCUT2D eigenvalue weighted by molar-refractivity contribution is 0.785. The average Bonchev–Trinajstić information content (AvgIpc) is 3.09. The lowest BCUT2D eigenvalue weighted by Crippen LogP contribution is -2.26. The van der Waals surface area contributed by atoms with Gasteiger partial charge in [0, 0.05) is 0 Å². The van der Waals surface area contributed by atoms with Crippen LogP contribution in [0.5, 0.6) is 0 Å². The molecule has 29 heavy (non-hydrogen) atoms. The Balaban J connectivity index is 0.000000882. The number of hydrogen-bond donors (Lipinski definition) is 0. The van der Waals surface area contributed by atoms with Crippen molar-refractivity contribution < 1.29 is 0 Å². The molecule has 3 aliphatic rings. The molecule has 6 rings (SSSR count). The first-order chi connectivity index (χ1) is 14.3. The Morgan fingerprint density at radius 3 is 1.93 bits per heavy atom. The van der Waals surface area contributed by atoms with Gasteiger partial charge in [-0.15, -0.1) is 0 Å². The van der Waals surface area contributed by atoms with Gasteiger partial charge in [0.1, 0.15) is 0 Å². The van der Waals surface area contributed by atoms with Gasteiger partial charge in [0.05, 0.1) is 5.41 Å². The number of fused-ring (bicyclic) bond motifs is 9. The number of aryl methyl sites for hydroxylation is 1. The van der Waals surface area contributed by atoms with Crippen molar-refractivity contribution in [1.29, 1.82) is 0 Å². The third kappa shape index (κ3) is 2.20. The Hall–Kier alpha value is -3.12. The van der Waals surface area contributed by atoms with E-state index in [0.717, 1.165) is 6.42 Å². The summed E-state index contributed by atoms with van der Waals surface area (Å²) in [5.74, 6) is 0. The smallest absolute Gasteiger partial charge is 0.0725 e. The lowest BCUT2D eigenvalue weighted by atomic mass is 9.69. The Bertz CT molecular complexity index is 1150. The molecule has 0 amide bonds. The monoisotopic (exact) mass is 374 g/mol. The average molecular weight is 375 g/mol. The fourth-order valence-corrected chi connectivity index (χ4v) is 5.47. The molecule has 142 valence electrons. The second-order valence-corrected chi connectivity index (χ2v) is 7.71. The molecule has 1 spiro atoms. The molecule has 0 radical (unpaired) electrons. The van der Waals surface area contributed by atoms with Gasteiger partial charge in [-0.2, -0.15) is 0 Å². The van der Waals surface area contributed by atoms with E-state index in [1.165, 1.54) is 50.1 Å². The third-order valence-corrected chi connectivity index (χ3v) is 6.43. The standard InChI is InChI=1S/C27H20.C2H6/c1-18-10-9-17-25-26(18)21-13-3-2-4-14-24(21)27(25)22-15-7-5-11-19(22)20-12-6-8-16-23(20)27;1-2/h3-17H,2H2,1H3;1-2H3. The van der Waals surface area contributed by atoms with Crippen LogP contribution in [0.15, 0.2) is 96.6 Å². The topological polar surface area (TPSA) is 0 Å². The van der Waals surface area contributed by atoms with Gasteiger partial charge < -0.3 is 0 Å². The maximum Gasteiger partial charge on any atom is 0.0725 e. The van der Waals surface area contributed by atoms with Gasteiger partial charge in [0.15, 0.2) is 0 Å². The molecule has 0 unspecified atom stereocenters. The molecule has 0 bridgehead atoms. The van der Waals surface area contributed by atoms with Gasteiger partial charge in [0.25, 0.3) is 0 Å². The van der Waals surface area contributed by atoms with Crippen molar-refractivity contribution in [3.8, 4) is 11.1 Å². The van der Waals surface area contributed by atoms with E-state index < -0.39 is 0 Å². The Morgan fingerprint density at radius 2 is 1.24 bits per heavy atom. The molecule has 0 saturated heterocycles. The number of benzene rings is 3. The fraction of sp³-hybridized carbons (Fsp3) is 0.172. The summed E-state index contributed by atoms with van der Waals surface area (Å²) in [5.41, 5.74) is 12.4.